The zero-order chi connectivity index (χ0) is 14.1. The lowest BCUT2D eigenvalue weighted by Crippen LogP contribution is -2.36. The van der Waals surface area contributed by atoms with Gasteiger partial charge in [0.25, 0.3) is 0 Å². The van der Waals surface area contributed by atoms with Gasteiger partial charge in [0.2, 0.25) is 0 Å². The van der Waals surface area contributed by atoms with E-state index in [0.717, 1.165) is 12.0 Å². The molecule has 0 atom stereocenters. The van der Waals surface area contributed by atoms with Crippen LogP contribution in [0.15, 0.2) is 36.9 Å². The first-order chi connectivity index (χ1) is 9.13. The Labute approximate surface area is 112 Å². The molecule has 2 amide bonds. The second-order valence-electron chi connectivity index (χ2n) is 4.01. The third kappa shape index (κ3) is 5.72. The third-order valence-corrected chi connectivity index (χ3v) is 2.53. The summed E-state index contributed by atoms with van der Waals surface area (Å²) in [6, 6.07) is 6.41. The lowest BCUT2D eigenvalue weighted by atomic mass is 10.1. The molecule has 0 aromatic heterocycles. The quantitative estimate of drug-likeness (QED) is 0.518. The summed E-state index contributed by atoms with van der Waals surface area (Å²) in [4.78, 5) is 22.0. The summed E-state index contributed by atoms with van der Waals surface area (Å²) in [5.41, 5.74) is 1.25. The topological polar surface area (TPSA) is 78.4 Å². The molecular formula is C14H18N2O3. The first kappa shape index (κ1) is 14.8. The maximum absolute atomic E-state index is 11.3. The highest BCUT2D eigenvalue weighted by molar-refractivity contribution is 5.87. The maximum Gasteiger partial charge on any atom is 0.335 e. The van der Waals surface area contributed by atoms with Gasteiger partial charge in [0, 0.05) is 13.1 Å². The van der Waals surface area contributed by atoms with Crippen molar-refractivity contribution < 1.29 is 14.7 Å². The Morgan fingerprint density at radius 1 is 1.16 bits per heavy atom. The highest BCUT2D eigenvalue weighted by atomic mass is 16.4. The SMILES string of the molecule is C=CCCNC(=O)NCCc1ccc(C(=O)O)cc1. The molecule has 0 aliphatic carbocycles. The number of amides is 2. The molecule has 3 N–H and O–H groups in total. The van der Waals surface area contributed by atoms with Crippen molar-refractivity contribution in [2.45, 2.75) is 12.8 Å². The number of carbonyl (C=O) groups is 2. The molecule has 1 rings (SSSR count). The Morgan fingerprint density at radius 2 is 1.79 bits per heavy atom. The maximum atomic E-state index is 11.3. The molecule has 0 saturated carbocycles. The van der Waals surface area contributed by atoms with Crippen LogP contribution in [0.2, 0.25) is 0 Å². The lowest BCUT2D eigenvalue weighted by Gasteiger charge is -2.06. The molecule has 0 radical (unpaired) electrons. The van der Waals surface area contributed by atoms with Gasteiger partial charge >= 0.3 is 12.0 Å². The van der Waals surface area contributed by atoms with Crippen LogP contribution in [0.5, 0.6) is 0 Å². The molecule has 0 aliphatic rings. The average molecular weight is 262 g/mol. The zero-order valence-electron chi connectivity index (χ0n) is 10.7. The number of carboxylic acids is 1. The van der Waals surface area contributed by atoms with Gasteiger partial charge in [-0.05, 0) is 30.5 Å². The molecule has 19 heavy (non-hydrogen) atoms. The number of hydrogen-bond donors (Lipinski definition) is 3. The third-order valence-electron chi connectivity index (χ3n) is 2.53. The largest absolute Gasteiger partial charge is 0.478 e. The van der Waals surface area contributed by atoms with Crippen LogP contribution < -0.4 is 10.6 Å². The van der Waals surface area contributed by atoms with Gasteiger partial charge in [0.1, 0.15) is 0 Å². The van der Waals surface area contributed by atoms with Gasteiger partial charge in [-0.2, -0.15) is 0 Å². The minimum absolute atomic E-state index is 0.205. The normalized spacial score (nSPS) is 9.68. The molecule has 0 unspecified atom stereocenters. The van der Waals surface area contributed by atoms with Crippen molar-refractivity contribution in [3.8, 4) is 0 Å². The van der Waals surface area contributed by atoms with Gasteiger partial charge in [-0.1, -0.05) is 18.2 Å². The van der Waals surface area contributed by atoms with Crippen molar-refractivity contribution in [3.05, 3.63) is 48.0 Å². The molecular weight excluding hydrogens is 244 g/mol. The standard InChI is InChI=1S/C14H18N2O3/c1-2-3-9-15-14(19)16-10-8-11-4-6-12(7-5-11)13(17)18/h2,4-7H,1,3,8-10H2,(H,17,18)(H2,15,16,19). The van der Waals surface area contributed by atoms with Gasteiger partial charge in [-0.25, -0.2) is 9.59 Å². The summed E-state index contributed by atoms with van der Waals surface area (Å²) in [5.74, 6) is -0.939. The fourth-order valence-corrected chi connectivity index (χ4v) is 1.48. The Bertz CT molecular complexity index is 441. The number of urea groups is 1. The van der Waals surface area contributed by atoms with E-state index in [-0.39, 0.29) is 11.6 Å². The van der Waals surface area contributed by atoms with Crippen LogP contribution in [-0.2, 0) is 6.42 Å². The fourth-order valence-electron chi connectivity index (χ4n) is 1.48. The molecule has 1 aromatic carbocycles. The van der Waals surface area contributed by atoms with Crippen molar-refractivity contribution >= 4 is 12.0 Å². The molecule has 0 saturated heterocycles. The first-order valence-electron chi connectivity index (χ1n) is 6.08. The molecule has 0 heterocycles. The molecule has 0 aliphatic heterocycles. The molecule has 5 heteroatoms. The van der Waals surface area contributed by atoms with Gasteiger partial charge in [-0.15, -0.1) is 6.58 Å². The Balaban J connectivity index is 2.27. The van der Waals surface area contributed by atoms with Crippen LogP contribution in [0.25, 0.3) is 0 Å². The Hall–Kier alpha value is -2.30. The number of benzene rings is 1. The van der Waals surface area contributed by atoms with Crippen molar-refractivity contribution in [2.24, 2.45) is 0 Å². The number of aromatic carboxylic acids is 1. The van der Waals surface area contributed by atoms with Gasteiger partial charge in [0.05, 0.1) is 5.56 Å². The minimum atomic E-state index is -0.939. The molecule has 0 spiro atoms. The predicted octanol–water partition coefficient (Wildman–Crippen LogP) is 1.80. The first-order valence-corrected chi connectivity index (χ1v) is 6.08. The second-order valence-corrected chi connectivity index (χ2v) is 4.01. The van der Waals surface area contributed by atoms with Crippen LogP contribution in [0.1, 0.15) is 22.3 Å². The summed E-state index contributed by atoms with van der Waals surface area (Å²) in [7, 11) is 0. The van der Waals surface area contributed by atoms with E-state index in [4.69, 9.17) is 5.11 Å². The number of carboxylic acid groups (broad SMARTS) is 1. The van der Waals surface area contributed by atoms with Crippen molar-refractivity contribution in [1.29, 1.82) is 0 Å². The summed E-state index contributed by atoms with van der Waals surface area (Å²) in [5, 5.41) is 14.2. The van der Waals surface area contributed by atoms with Crippen molar-refractivity contribution in [2.75, 3.05) is 13.1 Å². The van der Waals surface area contributed by atoms with Crippen LogP contribution in [0, 0.1) is 0 Å². The van der Waals surface area contributed by atoms with Crippen LogP contribution in [0.4, 0.5) is 4.79 Å². The van der Waals surface area contributed by atoms with Crippen molar-refractivity contribution in [3.63, 3.8) is 0 Å². The highest BCUT2D eigenvalue weighted by Gasteiger charge is 2.02. The summed E-state index contributed by atoms with van der Waals surface area (Å²) in [6.07, 6.45) is 3.14. The van der Waals surface area contributed by atoms with Gasteiger partial charge < -0.3 is 15.7 Å². The minimum Gasteiger partial charge on any atom is -0.478 e. The van der Waals surface area contributed by atoms with E-state index in [9.17, 15) is 9.59 Å². The molecule has 5 nitrogen and oxygen atoms in total. The van der Waals surface area contributed by atoms with Crippen LogP contribution in [0.3, 0.4) is 0 Å². The Morgan fingerprint density at radius 3 is 2.37 bits per heavy atom. The van der Waals surface area contributed by atoms with E-state index in [2.05, 4.69) is 17.2 Å². The molecule has 1 aromatic rings. The van der Waals surface area contributed by atoms with Gasteiger partial charge in [-0.3, -0.25) is 0 Å². The van der Waals surface area contributed by atoms with E-state index < -0.39 is 5.97 Å². The number of nitrogens with one attached hydrogen (secondary N) is 2. The highest BCUT2D eigenvalue weighted by Crippen LogP contribution is 2.04. The predicted molar refractivity (Wildman–Crippen MR) is 73.3 cm³/mol. The van der Waals surface area contributed by atoms with E-state index in [1.807, 2.05) is 0 Å². The summed E-state index contributed by atoms with van der Waals surface area (Å²) < 4.78 is 0. The number of rotatable bonds is 7. The lowest BCUT2D eigenvalue weighted by molar-refractivity contribution is 0.0697. The van der Waals surface area contributed by atoms with Crippen LogP contribution >= 0.6 is 0 Å². The van der Waals surface area contributed by atoms with Gasteiger partial charge in [0.15, 0.2) is 0 Å². The van der Waals surface area contributed by atoms with E-state index in [1.54, 1.807) is 30.3 Å². The Kier molecular flexibility index (Phi) is 6.15. The van der Waals surface area contributed by atoms with Crippen LogP contribution in [-0.4, -0.2) is 30.2 Å². The van der Waals surface area contributed by atoms with E-state index >= 15 is 0 Å². The molecule has 0 bridgehead atoms. The molecule has 102 valence electrons. The fraction of sp³-hybridized carbons (Fsp3) is 0.286. The van der Waals surface area contributed by atoms with E-state index in [1.165, 1.54) is 0 Å². The number of hydrogen-bond acceptors (Lipinski definition) is 2. The summed E-state index contributed by atoms with van der Waals surface area (Å²) in [6.45, 7) is 4.64. The average Bonchev–Trinajstić information content (AvgIpc) is 2.39. The molecule has 0 fully saturated rings. The monoisotopic (exact) mass is 262 g/mol. The second kappa shape index (κ2) is 7.92. The zero-order valence-corrected chi connectivity index (χ0v) is 10.7. The van der Waals surface area contributed by atoms with Crippen molar-refractivity contribution in [1.82, 2.24) is 10.6 Å². The smallest absolute Gasteiger partial charge is 0.335 e. The number of carbonyl (C=O) groups excluding carboxylic acids is 1. The summed E-state index contributed by atoms with van der Waals surface area (Å²) >= 11 is 0. The van der Waals surface area contributed by atoms with E-state index in [0.29, 0.717) is 19.5 Å².